The third-order valence-electron chi connectivity index (χ3n) is 3.23. The van der Waals surface area contributed by atoms with Gasteiger partial charge in [-0.2, -0.15) is 0 Å². The molecule has 1 aliphatic heterocycles. The minimum atomic E-state index is 0.869. The van der Waals surface area contributed by atoms with Crippen LogP contribution in [-0.4, -0.2) is 13.1 Å². The van der Waals surface area contributed by atoms with Crippen LogP contribution in [0.2, 0.25) is 0 Å². The maximum atomic E-state index is 5.79. The van der Waals surface area contributed by atoms with Crippen molar-refractivity contribution < 1.29 is 4.74 Å². The lowest BCUT2D eigenvalue weighted by Crippen LogP contribution is -2.21. The number of nitrogens with one attached hydrogen (secondary N) is 1. The standard InChI is InChI=1S/C17H17NO/c1-2-6-16(7-3-1)19-17-10-8-14(9-11-17)15-5-4-12-18-13-15/h1-3,5-11,18H,4,12-13H2. The molecule has 0 saturated carbocycles. The fourth-order valence-corrected chi connectivity index (χ4v) is 2.23. The molecule has 2 aromatic rings. The fraction of sp³-hybridized carbons (Fsp3) is 0.176. The Balaban J connectivity index is 1.74. The van der Waals surface area contributed by atoms with Gasteiger partial charge >= 0.3 is 0 Å². The Morgan fingerprint density at radius 1 is 0.842 bits per heavy atom. The maximum Gasteiger partial charge on any atom is 0.127 e. The van der Waals surface area contributed by atoms with Crippen molar-refractivity contribution in [1.29, 1.82) is 0 Å². The lowest BCUT2D eigenvalue weighted by Gasteiger charge is -2.14. The quantitative estimate of drug-likeness (QED) is 0.894. The predicted molar refractivity (Wildman–Crippen MR) is 78.4 cm³/mol. The van der Waals surface area contributed by atoms with E-state index in [1.165, 1.54) is 11.1 Å². The molecule has 0 aromatic heterocycles. The summed E-state index contributed by atoms with van der Waals surface area (Å²) in [6.45, 7) is 2.04. The second-order valence-electron chi connectivity index (χ2n) is 4.63. The van der Waals surface area contributed by atoms with Crippen LogP contribution in [0.5, 0.6) is 11.5 Å². The molecule has 0 atom stereocenters. The van der Waals surface area contributed by atoms with Crippen molar-refractivity contribution in [1.82, 2.24) is 5.32 Å². The minimum Gasteiger partial charge on any atom is -0.457 e. The largest absolute Gasteiger partial charge is 0.457 e. The van der Waals surface area contributed by atoms with Gasteiger partial charge in [0.2, 0.25) is 0 Å². The molecule has 2 nitrogen and oxygen atoms in total. The van der Waals surface area contributed by atoms with Gasteiger partial charge in [-0.3, -0.25) is 0 Å². The first-order valence-corrected chi connectivity index (χ1v) is 6.65. The summed E-state index contributed by atoms with van der Waals surface area (Å²) < 4.78 is 5.79. The first-order chi connectivity index (χ1) is 9.42. The molecule has 0 saturated heterocycles. The zero-order valence-corrected chi connectivity index (χ0v) is 10.8. The van der Waals surface area contributed by atoms with E-state index in [2.05, 4.69) is 23.5 Å². The average molecular weight is 251 g/mol. The van der Waals surface area contributed by atoms with Crippen LogP contribution in [0.3, 0.4) is 0 Å². The molecule has 0 bridgehead atoms. The van der Waals surface area contributed by atoms with Crippen molar-refractivity contribution in [2.45, 2.75) is 6.42 Å². The molecule has 1 N–H and O–H groups in total. The molecule has 0 spiro atoms. The predicted octanol–water partition coefficient (Wildman–Crippen LogP) is 3.86. The van der Waals surface area contributed by atoms with Crippen molar-refractivity contribution in [3.05, 3.63) is 66.2 Å². The van der Waals surface area contributed by atoms with E-state index < -0.39 is 0 Å². The minimum absolute atomic E-state index is 0.869. The second kappa shape index (κ2) is 5.72. The maximum absolute atomic E-state index is 5.79. The van der Waals surface area contributed by atoms with Crippen molar-refractivity contribution in [3.8, 4) is 11.5 Å². The molecule has 2 aromatic carbocycles. The lowest BCUT2D eigenvalue weighted by atomic mass is 10.0. The molecule has 0 amide bonds. The summed E-state index contributed by atoms with van der Waals surface area (Å²) in [4.78, 5) is 0. The molecular weight excluding hydrogens is 234 g/mol. The van der Waals surface area contributed by atoms with Crippen LogP contribution >= 0.6 is 0 Å². The van der Waals surface area contributed by atoms with E-state index in [4.69, 9.17) is 4.74 Å². The molecule has 0 aliphatic carbocycles. The molecule has 96 valence electrons. The fourth-order valence-electron chi connectivity index (χ4n) is 2.23. The van der Waals surface area contributed by atoms with Crippen molar-refractivity contribution in [3.63, 3.8) is 0 Å². The van der Waals surface area contributed by atoms with Gasteiger partial charge in [0.05, 0.1) is 0 Å². The Morgan fingerprint density at radius 3 is 2.26 bits per heavy atom. The SMILES string of the molecule is C1=C(c2ccc(Oc3ccccc3)cc2)CNCC1. The van der Waals surface area contributed by atoms with E-state index in [9.17, 15) is 0 Å². The summed E-state index contributed by atoms with van der Waals surface area (Å²) in [6, 6.07) is 18.1. The molecule has 19 heavy (non-hydrogen) atoms. The topological polar surface area (TPSA) is 21.3 Å². The molecule has 0 radical (unpaired) electrons. The third kappa shape index (κ3) is 3.04. The van der Waals surface area contributed by atoms with Gasteiger partial charge < -0.3 is 10.1 Å². The van der Waals surface area contributed by atoms with Crippen LogP contribution in [0.15, 0.2) is 60.7 Å². The highest BCUT2D eigenvalue weighted by atomic mass is 16.5. The zero-order valence-electron chi connectivity index (χ0n) is 10.8. The number of hydrogen-bond acceptors (Lipinski definition) is 2. The Hall–Kier alpha value is -2.06. The van der Waals surface area contributed by atoms with Gasteiger partial charge in [-0.15, -0.1) is 0 Å². The van der Waals surface area contributed by atoms with E-state index in [-0.39, 0.29) is 0 Å². The van der Waals surface area contributed by atoms with Gasteiger partial charge in [0.25, 0.3) is 0 Å². The van der Waals surface area contributed by atoms with Crippen molar-refractivity contribution >= 4 is 5.57 Å². The summed E-state index contributed by atoms with van der Waals surface area (Å²) in [5.41, 5.74) is 2.64. The Bertz CT molecular complexity index is 558. The first kappa shape index (κ1) is 12.0. The summed E-state index contributed by atoms with van der Waals surface area (Å²) >= 11 is 0. The average Bonchev–Trinajstić information content (AvgIpc) is 2.50. The van der Waals surface area contributed by atoms with E-state index in [0.717, 1.165) is 31.0 Å². The van der Waals surface area contributed by atoms with Crippen LogP contribution in [0.4, 0.5) is 0 Å². The van der Waals surface area contributed by atoms with Crippen molar-refractivity contribution in [2.75, 3.05) is 13.1 Å². The highest BCUT2D eigenvalue weighted by molar-refractivity contribution is 5.68. The smallest absolute Gasteiger partial charge is 0.127 e. The van der Waals surface area contributed by atoms with Gasteiger partial charge in [-0.25, -0.2) is 0 Å². The van der Waals surface area contributed by atoms with Gasteiger partial charge in [0.15, 0.2) is 0 Å². The zero-order chi connectivity index (χ0) is 12.9. The number of hydrogen-bond donors (Lipinski definition) is 1. The third-order valence-corrected chi connectivity index (χ3v) is 3.23. The number of para-hydroxylation sites is 1. The van der Waals surface area contributed by atoms with Crippen LogP contribution in [0, 0.1) is 0 Å². The number of ether oxygens (including phenoxy) is 1. The van der Waals surface area contributed by atoms with E-state index in [1.807, 2.05) is 42.5 Å². The molecule has 0 fully saturated rings. The van der Waals surface area contributed by atoms with Gasteiger partial charge in [0.1, 0.15) is 11.5 Å². The summed E-state index contributed by atoms with van der Waals surface area (Å²) in [7, 11) is 0. The normalized spacial score (nSPS) is 14.8. The van der Waals surface area contributed by atoms with E-state index in [0.29, 0.717) is 0 Å². The Morgan fingerprint density at radius 2 is 1.58 bits per heavy atom. The van der Waals surface area contributed by atoms with Crippen LogP contribution in [0.25, 0.3) is 5.57 Å². The van der Waals surface area contributed by atoms with Gasteiger partial charge in [0, 0.05) is 6.54 Å². The van der Waals surface area contributed by atoms with Gasteiger partial charge in [-0.1, -0.05) is 36.4 Å². The molecule has 2 heteroatoms. The molecular formula is C17H17NO. The van der Waals surface area contributed by atoms with E-state index in [1.54, 1.807) is 0 Å². The molecule has 1 heterocycles. The number of benzene rings is 2. The first-order valence-electron chi connectivity index (χ1n) is 6.65. The van der Waals surface area contributed by atoms with Crippen LogP contribution < -0.4 is 10.1 Å². The summed E-state index contributed by atoms with van der Waals surface area (Å²) in [5.74, 6) is 1.74. The summed E-state index contributed by atoms with van der Waals surface area (Å²) in [5, 5.41) is 3.39. The Labute approximate surface area is 113 Å². The monoisotopic (exact) mass is 251 g/mol. The molecule has 1 aliphatic rings. The lowest BCUT2D eigenvalue weighted by molar-refractivity contribution is 0.482. The molecule has 0 unspecified atom stereocenters. The molecule has 3 rings (SSSR count). The Kier molecular flexibility index (Phi) is 3.61. The van der Waals surface area contributed by atoms with E-state index >= 15 is 0 Å². The highest BCUT2D eigenvalue weighted by Gasteiger charge is 2.05. The van der Waals surface area contributed by atoms with Gasteiger partial charge in [-0.05, 0) is 48.4 Å². The second-order valence-corrected chi connectivity index (χ2v) is 4.63. The summed E-state index contributed by atoms with van der Waals surface area (Å²) in [6.07, 6.45) is 3.42. The van der Waals surface area contributed by atoms with Crippen molar-refractivity contribution in [2.24, 2.45) is 0 Å². The number of rotatable bonds is 3. The highest BCUT2D eigenvalue weighted by Crippen LogP contribution is 2.24. The van der Waals surface area contributed by atoms with Crippen LogP contribution in [-0.2, 0) is 0 Å². The van der Waals surface area contributed by atoms with Crippen LogP contribution in [0.1, 0.15) is 12.0 Å².